The maximum Gasteiger partial charge on any atom is 0.0637 e. The molecule has 1 heterocycles. The van der Waals surface area contributed by atoms with Crippen LogP contribution >= 0.6 is 0 Å². The third-order valence-corrected chi connectivity index (χ3v) is 3.36. The van der Waals surface area contributed by atoms with Crippen molar-refractivity contribution in [2.75, 3.05) is 43.6 Å². The second-order valence-corrected chi connectivity index (χ2v) is 4.41. The maximum atomic E-state index is 5.18. The minimum Gasteiger partial charge on any atom is -0.385 e. The Morgan fingerprint density at radius 3 is 3.06 bits per heavy atom. The first-order chi connectivity index (χ1) is 8.36. The summed E-state index contributed by atoms with van der Waals surface area (Å²) in [6.07, 6.45) is 2.41. The fourth-order valence-corrected chi connectivity index (χ4v) is 2.44. The zero-order valence-electron chi connectivity index (χ0n) is 10.8. The highest BCUT2D eigenvalue weighted by Crippen LogP contribution is 2.31. The van der Waals surface area contributed by atoms with Crippen molar-refractivity contribution in [1.29, 1.82) is 0 Å². The summed E-state index contributed by atoms with van der Waals surface area (Å²) in [7, 11) is 1.76. The number of rotatable bonds is 5. The molecule has 1 aliphatic rings. The first-order valence-corrected chi connectivity index (χ1v) is 6.46. The predicted octanol–water partition coefficient (Wildman–Crippen LogP) is 2.52. The molecule has 1 N–H and O–H groups in total. The van der Waals surface area contributed by atoms with Crippen molar-refractivity contribution in [1.82, 2.24) is 0 Å². The lowest BCUT2D eigenvalue weighted by atomic mass is 10.0. The number of benzene rings is 1. The van der Waals surface area contributed by atoms with E-state index in [-0.39, 0.29) is 0 Å². The molecule has 0 radical (unpaired) electrons. The molecule has 0 atom stereocenters. The van der Waals surface area contributed by atoms with Crippen LogP contribution in [0.2, 0.25) is 0 Å². The number of hydrogen-bond acceptors (Lipinski definition) is 3. The molecule has 1 aromatic carbocycles. The Morgan fingerprint density at radius 2 is 2.29 bits per heavy atom. The van der Waals surface area contributed by atoms with Gasteiger partial charge in [-0.05, 0) is 37.5 Å². The Bertz CT molecular complexity index is 365. The minimum absolute atomic E-state index is 0.783. The van der Waals surface area contributed by atoms with Gasteiger partial charge in [0.2, 0.25) is 0 Å². The number of hydrogen-bond donors (Lipinski definition) is 1. The van der Waals surface area contributed by atoms with Crippen molar-refractivity contribution in [2.45, 2.75) is 19.8 Å². The largest absolute Gasteiger partial charge is 0.385 e. The molecule has 0 bridgehead atoms. The summed E-state index contributed by atoms with van der Waals surface area (Å²) in [5, 5.41) is 3.48. The van der Waals surface area contributed by atoms with E-state index in [4.69, 9.17) is 4.74 Å². The minimum atomic E-state index is 0.783. The fourth-order valence-electron chi connectivity index (χ4n) is 2.44. The number of anilines is 2. The van der Waals surface area contributed by atoms with Crippen LogP contribution in [0.25, 0.3) is 0 Å². The summed E-state index contributed by atoms with van der Waals surface area (Å²) in [6.45, 7) is 6.07. The van der Waals surface area contributed by atoms with Gasteiger partial charge in [-0.1, -0.05) is 6.07 Å². The summed E-state index contributed by atoms with van der Waals surface area (Å²) in [5.74, 6) is 0. The van der Waals surface area contributed by atoms with Crippen molar-refractivity contribution in [2.24, 2.45) is 0 Å². The molecular weight excluding hydrogens is 212 g/mol. The van der Waals surface area contributed by atoms with Crippen molar-refractivity contribution in [3.63, 3.8) is 0 Å². The van der Waals surface area contributed by atoms with Crippen LogP contribution in [-0.4, -0.2) is 33.4 Å². The van der Waals surface area contributed by atoms with Gasteiger partial charge in [0, 0.05) is 38.1 Å². The van der Waals surface area contributed by atoms with E-state index in [0.717, 1.165) is 26.2 Å². The van der Waals surface area contributed by atoms with Gasteiger partial charge >= 0.3 is 0 Å². The number of ether oxygens (including phenoxy) is 1. The molecule has 2 rings (SSSR count). The fraction of sp³-hybridized carbons (Fsp3) is 0.571. The quantitative estimate of drug-likeness (QED) is 0.847. The number of likely N-dealkylation sites (N-methyl/N-ethyl adjacent to an activating group) is 1. The van der Waals surface area contributed by atoms with Crippen LogP contribution in [0.3, 0.4) is 0 Å². The zero-order valence-corrected chi connectivity index (χ0v) is 10.8. The van der Waals surface area contributed by atoms with Crippen molar-refractivity contribution in [3.8, 4) is 0 Å². The lowest BCUT2D eigenvalue weighted by Gasteiger charge is -2.29. The van der Waals surface area contributed by atoms with Crippen LogP contribution in [0.5, 0.6) is 0 Å². The third-order valence-electron chi connectivity index (χ3n) is 3.36. The van der Waals surface area contributed by atoms with Gasteiger partial charge in [-0.25, -0.2) is 0 Å². The highest BCUT2D eigenvalue weighted by molar-refractivity contribution is 5.67. The monoisotopic (exact) mass is 234 g/mol. The van der Waals surface area contributed by atoms with Gasteiger partial charge in [-0.15, -0.1) is 0 Å². The van der Waals surface area contributed by atoms with Crippen LogP contribution in [-0.2, 0) is 11.2 Å². The van der Waals surface area contributed by atoms with Gasteiger partial charge in [-0.2, -0.15) is 0 Å². The summed E-state index contributed by atoms with van der Waals surface area (Å²) >= 11 is 0. The van der Waals surface area contributed by atoms with Crippen LogP contribution in [0.1, 0.15) is 18.9 Å². The highest BCUT2D eigenvalue weighted by atomic mass is 16.5. The SMILES string of the molecule is CCN(CCOC)c1cccc2c1CCCN2. The van der Waals surface area contributed by atoms with Gasteiger partial charge < -0.3 is 15.0 Å². The molecule has 3 heteroatoms. The molecule has 0 fully saturated rings. The van der Waals surface area contributed by atoms with E-state index in [2.05, 4.69) is 35.3 Å². The van der Waals surface area contributed by atoms with Crippen molar-refractivity contribution in [3.05, 3.63) is 23.8 Å². The first kappa shape index (κ1) is 12.2. The third kappa shape index (κ3) is 2.72. The van der Waals surface area contributed by atoms with Gasteiger partial charge in [0.25, 0.3) is 0 Å². The second-order valence-electron chi connectivity index (χ2n) is 4.41. The second kappa shape index (κ2) is 5.92. The molecular formula is C14H22N2O. The topological polar surface area (TPSA) is 24.5 Å². The number of methoxy groups -OCH3 is 1. The first-order valence-electron chi connectivity index (χ1n) is 6.46. The van der Waals surface area contributed by atoms with Gasteiger partial charge in [0.05, 0.1) is 6.61 Å². The Morgan fingerprint density at radius 1 is 1.41 bits per heavy atom. The normalized spacial score (nSPS) is 14.0. The van der Waals surface area contributed by atoms with Gasteiger partial charge in [0.1, 0.15) is 0 Å². The van der Waals surface area contributed by atoms with E-state index in [0.29, 0.717) is 0 Å². The number of nitrogens with zero attached hydrogens (tertiary/aromatic N) is 1. The molecule has 0 unspecified atom stereocenters. The summed E-state index contributed by atoms with van der Waals surface area (Å²) in [5.41, 5.74) is 4.15. The molecule has 0 spiro atoms. The van der Waals surface area contributed by atoms with E-state index in [9.17, 15) is 0 Å². The molecule has 0 aromatic heterocycles. The Kier molecular flexibility index (Phi) is 4.26. The van der Waals surface area contributed by atoms with Gasteiger partial charge in [-0.3, -0.25) is 0 Å². The van der Waals surface area contributed by atoms with Gasteiger partial charge in [0.15, 0.2) is 0 Å². The van der Waals surface area contributed by atoms with E-state index in [1.165, 1.54) is 29.8 Å². The van der Waals surface area contributed by atoms with E-state index in [1.54, 1.807) is 7.11 Å². The van der Waals surface area contributed by atoms with Crippen LogP contribution in [0.15, 0.2) is 18.2 Å². The van der Waals surface area contributed by atoms with E-state index >= 15 is 0 Å². The average molecular weight is 234 g/mol. The smallest absolute Gasteiger partial charge is 0.0637 e. The van der Waals surface area contributed by atoms with Crippen LogP contribution in [0.4, 0.5) is 11.4 Å². The van der Waals surface area contributed by atoms with E-state index in [1.807, 2.05) is 0 Å². The van der Waals surface area contributed by atoms with Crippen LogP contribution < -0.4 is 10.2 Å². The standard InChI is InChI=1S/C14H22N2O/c1-3-16(10-11-17-2)14-8-4-7-13-12(14)6-5-9-15-13/h4,7-8,15H,3,5-6,9-11H2,1-2H3. The van der Waals surface area contributed by atoms with Crippen molar-refractivity contribution >= 4 is 11.4 Å². The Labute approximate surface area is 104 Å². The molecule has 3 nitrogen and oxygen atoms in total. The maximum absolute atomic E-state index is 5.18. The molecule has 0 saturated heterocycles. The summed E-state index contributed by atoms with van der Waals surface area (Å²) < 4.78 is 5.18. The molecule has 0 aliphatic carbocycles. The number of nitrogens with one attached hydrogen (secondary N) is 1. The summed E-state index contributed by atoms with van der Waals surface area (Å²) in [4.78, 5) is 2.40. The predicted molar refractivity (Wildman–Crippen MR) is 73.0 cm³/mol. The highest BCUT2D eigenvalue weighted by Gasteiger charge is 2.15. The Balaban J connectivity index is 2.23. The molecule has 17 heavy (non-hydrogen) atoms. The lowest BCUT2D eigenvalue weighted by Crippen LogP contribution is -2.28. The van der Waals surface area contributed by atoms with Crippen molar-refractivity contribution < 1.29 is 4.74 Å². The molecule has 1 aromatic rings. The molecule has 0 amide bonds. The Hall–Kier alpha value is -1.22. The number of fused-ring (bicyclic) bond motifs is 1. The average Bonchev–Trinajstić information content (AvgIpc) is 2.40. The molecule has 1 aliphatic heterocycles. The molecule has 0 saturated carbocycles. The van der Waals surface area contributed by atoms with Crippen LogP contribution in [0, 0.1) is 0 Å². The molecule has 94 valence electrons. The lowest BCUT2D eigenvalue weighted by molar-refractivity contribution is 0.205. The van der Waals surface area contributed by atoms with E-state index < -0.39 is 0 Å². The zero-order chi connectivity index (χ0) is 12.1. The summed E-state index contributed by atoms with van der Waals surface area (Å²) in [6, 6.07) is 6.55.